The normalized spacial score (nSPS) is 17.2. The van der Waals surface area contributed by atoms with Crippen LogP contribution in [0.5, 0.6) is 11.5 Å². The summed E-state index contributed by atoms with van der Waals surface area (Å²) in [4.78, 5) is 33.7. The Kier molecular flexibility index (Phi) is 7.31. The molecule has 0 spiro atoms. The van der Waals surface area contributed by atoms with Gasteiger partial charge in [0.25, 0.3) is 0 Å². The molecule has 4 rings (SSSR count). The van der Waals surface area contributed by atoms with E-state index in [9.17, 15) is 14.7 Å². The van der Waals surface area contributed by atoms with Crippen molar-refractivity contribution in [1.29, 1.82) is 0 Å². The summed E-state index contributed by atoms with van der Waals surface area (Å²) >= 11 is 0. The second kappa shape index (κ2) is 10.6. The number of rotatable bonds is 9. The van der Waals surface area contributed by atoms with Gasteiger partial charge in [0, 0.05) is 23.2 Å². The number of carbonyl (C=O) groups is 2. The summed E-state index contributed by atoms with van der Waals surface area (Å²) in [6, 6.07) is 8.25. The van der Waals surface area contributed by atoms with Gasteiger partial charge >= 0.3 is 11.9 Å². The molecule has 1 fully saturated rings. The number of anilines is 2. The SMILES string of the molecule is CCOC(=O)c1cnc2nc(C3CCNC3C(=O)O)c(OCC)cc2c1Nc1ccc(OC)cc1. The topological polar surface area (TPSA) is 132 Å². The fourth-order valence-electron chi connectivity index (χ4n) is 4.23. The van der Waals surface area contributed by atoms with Gasteiger partial charge in [-0.05, 0) is 57.1 Å². The summed E-state index contributed by atoms with van der Waals surface area (Å²) in [5, 5.41) is 16.5. The van der Waals surface area contributed by atoms with E-state index in [1.807, 2.05) is 19.1 Å². The number of ether oxygens (including phenoxy) is 3. The predicted octanol–water partition coefficient (Wildman–Crippen LogP) is 3.49. The van der Waals surface area contributed by atoms with Gasteiger partial charge in [-0.2, -0.15) is 0 Å². The maximum Gasteiger partial charge on any atom is 0.341 e. The lowest BCUT2D eigenvalue weighted by molar-refractivity contribution is -0.139. The molecule has 1 saturated heterocycles. The Labute approximate surface area is 202 Å². The van der Waals surface area contributed by atoms with E-state index in [0.717, 1.165) is 5.69 Å². The highest BCUT2D eigenvalue weighted by molar-refractivity contribution is 6.05. The molecule has 1 aliphatic rings. The van der Waals surface area contributed by atoms with Crippen molar-refractivity contribution >= 4 is 34.3 Å². The van der Waals surface area contributed by atoms with Gasteiger partial charge < -0.3 is 30.0 Å². The summed E-state index contributed by atoms with van der Waals surface area (Å²) in [5.74, 6) is -0.678. The molecular formula is C25H28N4O6. The average Bonchev–Trinajstić information content (AvgIpc) is 3.35. The maximum atomic E-state index is 12.8. The van der Waals surface area contributed by atoms with E-state index in [0.29, 0.717) is 53.5 Å². The lowest BCUT2D eigenvalue weighted by atomic mass is 9.95. The molecular weight excluding hydrogens is 452 g/mol. The van der Waals surface area contributed by atoms with Crippen LogP contribution in [0.25, 0.3) is 11.0 Å². The van der Waals surface area contributed by atoms with Crippen molar-refractivity contribution < 1.29 is 28.9 Å². The number of fused-ring (bicyclic) bond motifs is 1. The van der Waals surface area contributed by atoms with E-state index in [1.165, 1.54) is 6.20 Å². The van der Waals surface area contributed by atoms with Crippen molar-refractivity contribution in [3.63, 3.8) is 0 Å². The number of methoxy groups -OCH3 is 1. The summed E-state index contributed by atoms with van der Waals surface area (Å²) < 4.78 is 16.4. The monoisotopic (exact) mass is 480 g/mol. The smallest absolute Gasteiger partial charge is 0.341 e. The third-order valence-electron chi connectivity index (χ3n) is 5.84. The van der Waals surface area contributed by atoms with Gasteiger partial charge in [0.2, 0.25) is 0 Å². The number of carbonyl (C=O) groups excluding carboxylic acids is 1. The third-order valence-corrected chi connectivity index (χ3v) is 5.84. The quantitative estimate of drug-likeness (QED) is 0.391. The summed E-state index contributed by atoms with van der Waals surface area (Å²) in [7, 11) is 1.59. The molecule has 184 valence electrons. The van der Waals surface area contributed by atoms with Crippen LogP contribution in [0, 0.1) is 0 Å². The minimum atomic E-state index is -0.940. The minimum Gasteiger partial charge on any atom is -0.497 e. The zero-order valence-corrected chi connectivity index (χ0v) is 19.8. The zero-order chi connectivity index (χ0) is 24.9. The van der Waals surface area contributed by atoms with Crippen LogP contribution >= 0.6 is 0 Å². The molecule has 3 N–H and O–H groups in total. The lowest BCUT2D eigenvalue weighted by Crippen LogP contribution is -2.34. The van der Waals surface area contributed by atoms with Crippen molar-refractivity contribution in [2.45, 2.75) is 32.2 Å². The van der Waals surface area contributed by atoms with Gasteiger partial charge in [-0.3, -0.25) is 4.79 Å². The van der Waals surface area contributed by atoms with Gasteiger partial charge in [-0.25, -0.2) is 14.8 Å². The first-order chi connectivity index (χ1) is 17.0. The van der Waals surface area contributed by atoms with E-state index in [2.05, 4.69) is 15.6 Å². The number of nitrogens with one attached hydrogen (secondary N) is 2. The lowest BCUT2D eigenvalue weighted by Gasteiger charge is -2.20. The fourth-order valence-corrected chi connectivity index (χ4v) is 4.23. The van der Waals surface area contributed by atoms with Crippen molar-refractivity contribution in [3.05, 3.63) is 47.8 Å². The van der Waals surface area contributed by atoms with Crippen molar-refractivity contribution in [2.75, 3.05) is 32.2 Å². The van der Waals surface area contributed by atoms with Crippen molar-refractivity contribution in [2.24, 2.45) is 0 Å². The Morgan fingerprint density at radius 1 is 1.20 bits per heavy atom. The number of pyridine rings is 2. The molecule has 35 heavy (non-hydrogen) atoms. The maximum absolute atomic E-state index is 12.8. The van der Waals surface area contributed by atoms with Crippen LogP contribution in [0.4, 0.5) is 11.4 Å². The summed E-state index contributed by atoms with van der Waals surface area (Å²) in [5.41, 5.74) is 2.33. The molecule has 1 aromatic carbocycles. The molecule has 3 heterocycles. The van der Waals surface area contributed by atoms with Crippen LogP contribution in [0.15, 0.2) is 36.5 Å². The Hall–Kier alpha value is -3.92. The van der Waals surface area contributed by atoms with Gasteiger partial charge in [0.05, 0.1) is 31.7 Å². The summed E-state index contributed by atoms with van der Waals surface area (Å²) in [6.07, 6.45) is 2.03. The second-order valence-electron chi connectivity index (χ2n) is 7.96. The Balaban J connectivity index is 1.87. The number of hydrogen-bond donors (Lipinski definition) is 3. The molecule has 0 bridgehead atoms. The number of aromatic nitrogens is 2. The molecule has 1 aliphatic heterocycles. The first-order valence-electron chi connectivity index (χ1n) is 11.5. The van der Waals surface area contributed by atoms with Gasteiger partial charge in [-0.15, -0.1) is 0 Å². The first-order valence-corrected chi connectivity index (χ1v) is 11.5. The van der Waals surface area contributed by atoms with Gasteiger partial charge in [0.1, 0.15) is 23.1 Å². The van der Waals surface area contributed by atoms with E-state index in [-0.39, 0.29) is 18.1 Å². The number of aliphatic carboxylic acids is 1. The minimum absolute atomic E-state index is 0.214. The van der Waals surface area contributed by atoms with E-state index >= 15 is 0 Å². The second-order valence-corrected chi connectivity index (χ2v) is 7.96. The molecule has 10 nitrogen and oxygen atoms in total. The standard InChI is InChI=1S/C25H28N4O6/c1-4-34-19-12-17-20(28-14-6-8-15(33-3)9-7-14)18(25(32)35-5-2)13-27-23(17)29-21(19)16-10-11-26-22(16)24(30)31/h6-9,12-13,16,22,26H,4-5,10-11H2,1-3H3,(H,30,31)(H,27,28,29). The van der Waals surface area contributed by atoms with Crippen molar-refractivity contribution in [1.82, 2.24) is 15.3 Å². The molecule has 0 amide bonds. The van der Waals surface area contributed by atoms with Crippen LogP contribution in [0.1, 0.15) is 42.2 Å². The highest BCUT2D eigenvalue weighted by Gasteiger charge is 2.37. The molecule has 0 saturated carbocycles. The molecule has 2 atom stereocenters. The number of benzene rings is 1. The molecule has 0 radical (unpaired) electrons. The summed E-state index contributed by atoms with van der Waals surface area (Å²) in [6.45, 7) is 4.72. The average molecular weight is 481 g/mol. The number of carboxylic acids is 1. The Morgan fingerprint density at radius 2 is 1.97 bits per heavy atom. The van der Waals surface area contributed by atoms with Crippen molar-refractivity contribution in [3.8, 4) is 11.5 Å². The molecule has 2 unspecified atom stereocenters. The molecule has 3 aromatic rings. The molecule has 0 aliphatic carbocycles. The predicted molar refractivity (Wildman–Crippen MR) is 130 cm³/mol. The number of hydrogen-bond acceptors (Lipinski definition) is 9. The number of esters is 1. The van der Waals surface area contributed by atoms with Crippen LogP contribution in [0.2, 0.25) is 0 Å². The van der Waals surface area contributed by atoms with Crippen LogP contribution in [-0.2, 0) is 9.53 Å². The van der Waals surface area contributed by atoms with E-state index in [1.54, 1.807) is 32.2 Å². The van der Waals surface area contributed by atoms with Crippen LogP contribution < -0.4 is 20.1 Å². The van der Waals surface area contributed by atoms with E-state index < -0.39 is 18.0 Å². The Morgan fingerprint density at radius 3 is 2.63 bits per heavy atom. The molecule has 2 aromatic heterocycles. The number of carboxylic acid groups (broad SMARTS) is 1. The fraction of sp³-hybridized carbons (Fsp3) is 0.360. The highest BCUT2D eigenvalue weighted by atomic mass is 16.5. The first kappa shape index (κ1) is 24.2. The zero-order valence-electron chi connectivity index (χ0n) is 19.8. The van der Waals surface area contributed by atoms with Crippen LogP contribution in [-0.4, -0.2) is 59.9 Å². The third kappa shape index (κ3) is 4.97. The van der Waals surface area contributed by atoms with Crippen LogP contribution in [0.3, 0.4) is 0 Å². The highest BCUT2D eigenvalue weighted by Crippen LogP contribution is 2.38. The number of nitrogens with zero attached hydrogens (tertiary/aromatic N) is 2. The Bertz CT molecular complexity index is 1230. The largest absolute Gasteiger partial charge is 0.497 e. The van der Waals surface area contributed by atoms with Gasteiger partial charge in [-0.1, -0.05) is 0 Å². The molecule has 10 heteroatoms. The van der Waals surface area contributed by atoms with E-state index in [4.69, 9.17) is 19.2 Å². The van der Waals surface area contributed by atoms with Gasteiger partial charge in [0.15, 0.2) is 5.65 Å².